The van der Waals surface area contributed by atoms with Gasteiger partial charge in [0, 0.05) is 11.6 Å². The van der Waals surface area contributed by atoms with Gasteiger partial charge in [0.2, 0.25) is 0 Å². The number of para-hydroxylation sites is 1. The molecule has 0 atom stereocenters. The van der Waals surface area contributed by atoms with Crippen LogP contribution in [0.1, 0.15) is 10.4 Å². The van der Waals surface area contributed by atoms with Crippen LogP contribution in [0.3, 0.4) is 0 Å². The highest BCUT2D eigenvalue weighted by molar-refractivity contribution is 5.95. The van der Waals surface area contributed by atoms with Gasteiger partial charge in [0.25, 0.3) is 11.8 Å². The summed E-state index contributed by atoms with van der Waals surface area (Å²) in [7, 11) is 0. The summed E-state index contributed by atoms with van der Waals surface area (Å²) in [6.07, 6.45) is 1.73. The van der Waals surface area contributed by atoms with Gasteiger partial charge in [-0.05, 0) is 24.3 Å². The third kappa shape index (κ3) is 2.65. The second kappa shape index (κ2) is 5.86. The molecule has 2 aromatic heterocycles. The summed E-state index contributed by atoms with van der Waals surface area (Å²) in [4.78, 5) is 19.1. The van der Waals surface area contributed by atoms with Crippen LogP contribution in [-0.2, 0) is 4.74 Å². The minimum Gasteiger partial charge on any atom is -0.467 e. The van der Waals surface area contributed by atoms with E-state index in [2.05, 4.69) is 9.97 Å². The number of ether oxygens (including phenoxy) is 3. The molecule has 3 aromatic rings. The number of H-pyrrole nitrogens is 1. The van der Waals surface area contributed by atoms with Gasteiger partial charge < -0.3 is 24.9 Å². The van der Waals surface area contributed by atoms with Crippen molar-refractivity contribution in [2.24, 2.45) is 5.73 Å². The van der Waals surface area contributed by atoms with E-state index in [0.29, 0.717) is 41.8 Å². The number of fused-ring (bicyclic) bond motifs is 1. The topological polar surface area (TPSA) is 99.5 Å². The average Bonchev–Trinajstić information content (AvgIpc) is 2.98. The molecule has 0 saturated carbocycles. The van der Waals surface area contributed by atoms with Crippen LogP contribution in [-0.4, -0.2) is 35.2 Å². The Morgan fingerprint density at radius 2 is 2.08 bits per heavy atom. The van der Waals surface area contributed by atoms with E-state index in [0.717, 1.165) is 5.39 Å². The molecule has 0 unspecified atom stereocenters. The van der Waals surface area contributed by atoms with Crippen molar-refractivity contribution in [1.29, 1.82) is 0 Å². The summed E-state index contributed by atoms with van der Waals surface area (Å²) in [6.45, 7) is 1.03. The number of carbonyl (C=O) groups is 1. The normalized spacial score (nSPS) is 14.3. The first-order chi connectivity index (χ1) is 11.7. The lowest BCUT2D eigenvalue weighted by Gasteiger charge is -2.26. The fourth-order valence-corrected chi connectivity index (χ4v) is 2.42. The zero-order valence-electron chi connectivity index (χ0n) is 12.7. The standard InChI is InChI=1S/C17H15N3O4/c18-15(21)12-3-1-2-4-13(12)24-14-7-10-5-6-19-16(10)20-17(14)23-11-8-22-9-11/h1-7,11H,8-9H2,(H2,18,21)(H,19,20). The van der Waals surface area contributed by atoms with Crippen molar-refractivity contribution in [1.82, 2.24) is 9.97 Å². The Morgan fingerprint density at radius 3 is 2.83 bits per heavy atom. The maximum absolute atomic E-state index is 11.6. The predicted octanol–water partition coefficient (Wildman–Crippen LogP) is 2.23. The monoisotopic (exact) mass is 325 g/mol. The zero-order chi connectivity index (χ0) is 16.5. The number of aromatic nitrogens is 2. The van der Waals surface area contributed by atoms with Crippen LogP contribution in [0.5, 0.6) is 17.4 Å². The summed E-state index contributed by atoms with van der Waals surface area (Å²) in [5.74, 6) is 0.563. The first-order valence-electron chi connectivity index (χ1n) is 7.50. The van der Waals surface area contributed by atoms with Crippen LogP contribution >= 0.6 is 0 Å². The van der Waals surface area contributed by atoms with Gasteiger partial charge in [0.15, 0.2) is 5.75 Å². The zero-order valence-corrected chi connectivity index (χ0v) is 12.7. The van der Waals surface area contributed by atoms with Gasteiger partial charge >= 0.3 is 0 Å². The second-order valence-electron chi connectivity index (χ2n) is 5.45. The molecule has 1 aromatic carbocycles. The molecule has 4 rings (SSSR count). The molecule has 0 radical (unpaired) electrons. The van der Waals surface area contributed by atoms with Crippen molar-refractivity contribution < 1.29 is 19.0 Å². The maximum Gasteiger partial charge on any atom is 0.260 e. The fourth-order valence-electron chi connectivity index (χ4n) is 2.42. The molecule has 0 bridgehead atoms. The number of nitrogens with two attached hydrogens (primary N) is 1. The average molecular weight is 325 g/mol. The number of hydrogen-bond acceptors (Lipinski definition) is 5. The summed E-state index contributed by atoms with van der Waals surface area (Å²) in [6, 6.07) is 10.5. The summed E-state index contributed by atoms with van der Waals surface area (Å²) < 4.78 is 16.9. The van der Waals surface area contributed by atoms with Gasteiger partial charge in [-0.15, -0.1) is 0 Å². The lowest BCUT2D eigenvalue weighted by atomic mass is 10.2. The molecule has 1 fully saturated rings. The Hall–Kier alpha value is -3.06. The van der Waals surface area contributed by atoms with Gasteiger partial charge in [-0.3, -0.25) is 4.79 Å². The number of nitrogens with one attached hydrogen (secondary N) is 1. The minimum atomic E-state index is -0.559. The smallest absolute Gasteiger partial charge is 0.260 e. The highest BCUT2D eigenvalue weighted by atomic mass is 16.6. The molecule has 0 spiro atoms. The van der Waals surface area contributed by atoms with Gasteiger partial charge in [-0.1, -0.05) is 12.1 Å². The number of benzene rings is 1. The Morgan fingerprint density at radius 1 is 1.25 bits per heavy atom. The van der Waals surface area contributed by atoms with Crippen LogP contribution in [0.4, 0.5) is 0 Å². The number of primary amides is 1. The largest absolute Gasteiger partial charge is 0.467 e. The number of hydrogen-bond donors (Lipinski definition) is 2. The molecule has 24 heavy (non-hydrogen) atoms. The van der Waals surface area contributed by atoms with Gasteiger partial charge in [-0.25, -0.2) is 0 Å². The molecule has 3 N–H and O–H groups in total. The van der Waals surface area contributed by atoms with Crippen LogP contribution in [0, 0.1) is 0 Å². The molecule has 1 aliphatic rings. The lowest BCUT2D eigenvalue weighted by molar-refractivity contribution is -0.0818. The first kappa shape index (κ1) is 14.5. The number of carbonyl (C=O) groups excluding carboxylic acids is 1. The van der Waals surface area contributed by atoms with Crippen molar-refractivity contribution in [3.8, 4) is 17.4 Å². The second-order valence-corrected chi connectivity index (χ2v) is 5.45. The van der Waals surface area contributed by atoms with Crippen molar-refractivity contribution in [2.75, 3.05) is 13.2 Å². The number of pyridine rings is 1. The van der Waals surface area contributed by atoms with Crippen molar-refractivity contribution in [3.05, 3.63) is 48.2 Å². The van der Waals surface area contributed by atoms with Gasteiger partial charge in [0.05, 0.1) is 18.8 Å². The van der Waals surface area contributed by atoms with E-state index >= 15 is 0 Å². The molecular weight excluding hydrogens is 310 g/mol. The Bertz CT molecular complexity index is 902. The molecule has 1 aliphatic heterocycles. The van der Waals surface area contributed by atoms with E-state index in [1.54, 1.807) is 30.5 Å². The van der Waals surface area contributed by atoms with Crippen molar-refractivity contribution >= 4 is 16.9 Å². The molecular formula is C17H15N3O4. The van der Waals surface area contributed by atoms with Crippen LogP contribution < -0.4 is 15.2 Å². The number of aromatic amines is 1. The number of nitrogens with zero attached hydrogens (tertiary/aromatic N) is 1. The number of rotatable bonds is 5. The molecule has 7 heteroatoms. The third-order valence-corrected chi connectivity index (χ3v) is 3.73. The van der Waals surface area contributed by atoms with Gasteiger partial charge in [0.1, 0.15) is 17.5 Å². The summed E-state index contributed by atoms with van der Waals surface area (Å²) in [5, 5.41) is 0.874. The molecule has 0 aliphatic carbocycles. The van der Waals surface area contributed by atoms with Crippen LogP contribution in [0.2, 0.25) is 0 Å². The maximum atomic E-state index is 11.6. The highest BCUT2D eigenvalue weighted by Gasteiger charge is 2.24. The highest BCUT2D eigenvalue weighted by Crippen LogP contribution is 2.35. The minimum absolute atomic E-state index is 0.0568. The van der Waals surface area contributed by atoms with Crippen molar-refractivity contribution in [2.45, 2.75) is 6.10 Å². The summed E-state index contributed by atoms with van der Waals surface area (Å²) in [5.41, 5.74) is 6.40. The van der Waals surface area contributed by atoms with E-state index in [9.17, 15) is 4.79 Å². The van der Waals surface area contributed by atoms with E-state index in [-0.39, 0.29) is 6.10 Å². The number of amides is 1. The van der Waals surface area contributed by atoms with Crippen LogP contribution in [0.15, 0.2) is 42.6 Å². The molecule has 1 amide bonds. The Labute approximate surface area is 137 Å². The molecule has 1 saturated heterocycles. The Balaban J connectivity index is 1.74. The van der Waals surface area contributed by atoms with Gasteiger partial charge in [-0.2, -0.15) is 4.98 Å². The van der Waals surface area contributed by atoms with E-state index in [1.165, 1.54) is 0 Å². The van der Waals surface area contributed by atoms with E-state index < -0.39 is 5.91 Å². The first-order valence-corrected chi connectivity index (χ1v) is 7.50. The molecule has 3 heterocycles. The fraction of sp³-hybridized carbons (Fsp3) is 0.176. The third-order valence-electron chi connectivity index (χ3n) is 3.73. The van der Waals surface area contributed by atoms with E-state index in [1.807, 2.05) is 12.1 Å². The molecule has 7 nitrogen and oxygen atoms in total. The predicted molar refractivity (Wildman–Crippen MR) is 86.4 cm³/mol. The van der Waals surface area contributed by atoms with Crippen molar-refractivity contribution in [3.63, 3.8) is 0 Å². The van der Waals surface area contributed by atoms with Crippen LogP contribution in [0.25, 0.3) is 11.0 Å². The lowest BCUT2D eigenvalue weighted by Crippen LogP contribution is -2.38. The quantitative estimate of drug-likeness (QED) is 0.749. The molecule has 122 valence electrons. The Kier molecular flexibility index (Phi) is 3.55. The summed E-state index contributed by atoms with van der Waals surface area (Å²) >= 11 is 0. The van der Waals surface area contributed by atoms with E-state index in [4.69, 9.17) is 19.9 Å². The SMILES string of the molecule is NC(=O)c1ccccc1Oc1cc2cc[nH]c2nc1OC1COC1.